The van der Waals surface area contributed by atoms with Gasteiger partial charge in [0, 0.05) is 26.3 Å². The summed E-state index contributed by atoms with van der Waals surface area (Å²) in [7, 11) is 1.98. The molecule has 2 atom stereocenters. The number of hydrogen-bond donors (Lipinski definition) is 1. The number of carbonyl (C=O) groups is 1. The van der Waals surface area contributed by atoms with Crippen molar-refractivity contribution in [3.8, 4) is 0 Å². The van der Waals surface area contributed by atoms with Crippen molar-refractivity contribution in [2.24, 2.45) is 18.9 Å². The van der Waals surface area contributed by atoms with E-state index in [1.54, 1.807) is 6.20 Å². The van der Waals surface area contributed by atoms with Crippen molar-refractivity contribution in [1.29, 1.82) is 0 Å². The van der Waals surface area contributed by atoms with Crippen molar-refractivity contribution in [2.45, 2.75) is 13.5 Å². The minimum absolute atomic E-state index is 0.0355. The molecule has 0 bridgehead atoms. The van der Waals surface area contributed by atoms with Crippen LogP contribution in [0.4, 0.5) is 5.82 Å². The van der Waals surface area contributed by atoms with E-state index in [1.165, 1.54) is 0 Å². The highest BCUT2D eigenvalue weighted by Crippen LogP contribution is 2.27. The molecule has 1 saturated heterocycles. The Balaban J connectivity index is 1.42. The number of imidazole rings is 1. The maximum atomic E-state index is 12.7. The molecular formula is C20H23N5O. The second-order valence-corrected chi connectivity index (χ2v) is 6.97. The number of hydrogen-bond acceptors (Lipinski definition) is 4. The van der Waals surface area contributed by atoms with Gasteiger partial charge in [-0.05, 0) is 30.2 Å². The molecule has 1 N–H and O–H groups in total. The first kappa shape index (κ1) is 16.6. The molecule has 0 spiro atoms. The molecule has 1 aromatic carbocycles. The maximum absolute atomic E-state index is 12.7. The number of carbonyl (C=O) groups excluding carboxylic acids is 1. The second kappa shape index (κ2) is 6.78. The molecule has 3 heterocycles. The van der Waals surface area contributed by atoms with Crippen LogP contribution in [0.15, 0.2) is 48.7 Å². The number of amides is 1. The van der Waals surface area contributed by atoms with Gasteiger partial charge in [0.15, 0.2) is 0 Å². The van der Waals surface area contributed by atoms with E-state index in [2.05, 4.69) is 27.1 Å². The lowest BCUT2D eigenvalue weighted by Crippen LogP contribution is -2.35. The summed E-state index contributed by atoms with van der Waals surface area (Å²) in [5.41, 5.74) is 2.03. The highest BCUT2D eigenvalue weighted by molar-refractivity contribution is 5.80. The molecule has 1 aliphatic rings. The van der Waals surface area contributed by atoms with Gasteiger partial charge in [0.1, 0.15) is 11.6 Å². The Bertz CT molecular complexity index is 920. The monoisotopic (exact) mass is 349 g/mol. The normalized spacial score (nSPS) is 19.8. The molecule has 1 aliphatic heterocycles. The first-order chi connectivity index (χ1) is 12.6. The molecule has 4 rings (SSSR count). The summed E-state index contributed by atoms with van der Waals surface area (Å²) in [6.45, 7) is 4.12. The number of pyridine rings is 1. The van der Waals surface area contributed by atoms with Gasteiger partial charge in [-0.25, -0.2) is 9.97 Å². The third-order valence-electron chi connectivity index (χ3n) is 5.22. The zero-order valence-electron chi connectivity index (χ0n) is 15.1. The minimum atomic E-state index is -0.0355. The predicted octanol–water partition coefficient (Wildman–Crippen LogP) is 2.36. The van der Waals surface area contributed by atoms with E-state index < -0.39 is 0 Å². The Morgan fingerprint density at radius 2 is 2.00 bits per heavy atom. The molecule has 1 amide bonds. The van der Waals surface area contributed by atoms with Crippen LogP contribution >= 0.6 is 0 Å². The van der Waals surface area contributed by atoms with Gasteiger partial charge in [-0.15, -0.1) is 0 Å². The summed E-state index contributed by atoms with van der Waals surface area (Å²) >= 11 is 0. The number of nitrogens with one attached hydrogen (secondary N) is 1. The molecule has 6 nitrogen and oxygen atoms in total. The van der Waals surface area contributed by atoms with Crippen molar-refractivity contribution in [1.82, 2.24) is 19.9 Å². The van der Waals surface area contributed by atoms with Gasteiger partial charge in [-0.3, -0.25) is 4.79 Å². The highest BCUT2D eigenvalue weighted by Gasteiger charge is 2.35. The largest absolute Gasteiger partial charge is 0.356 e. The SMILES string of the molecule is C[C@@H]1CN(c2ccccn2)C[C@H]1C(=O)NCc1nc2ccccc2n1C. The zero-order valence-corrected chi connectivity index (χ0v) is 15.1. The first-order valence-electron chi connectivity index (χ1n) is 8.97. The Kier molecular flexibility index (Phi) is 4.32. The number of fused-ring (bicyclic) bond motifs is 1. The Morgan fingerprint density at radius 3 is 2.77 bits per heavy atom. The van der Waals surface area contributed by atoms with Crippen LogP contribution in [0.3, 0.4) is 0 Å². The van der Waals surface area contributed by atoms with Crippen molar-refractivity contribution >= 4 is 22.8 Å². The zero-order chi connectivity index (χ0) is 18.1. The number of benzene rings is 1. The quantitative estimate of drug-likeness (QED) is 0.785. The molecule has 2 aromatic heterocycles. The third kappa shape index (κ3) is 3.03. The summed E-state index contributed by atoms with van der Waals surface area (Å²) in [5, 5.41) is 3.08. The molecule has 1 fully saturated rings. The van der Waals surface area contributed by atoms with Gasteiger partial charge in [-0.1, -0.05) is 25.1 Å². The molecule has 0 radical (unpaired) electrons. The Labute approximate surface area is 152 Å². The number of aryl methyl sites for hydroxylation is 1. The number of anilines is 1. The van der Waals surface area contributed by atoms with Crippen molar-refractivity contribution in [3.63, 3.8) is 0 Å². The lowest BCUT2D eigenvalue weighted by molar-refractivity contribution is -0.125. The number of nitrogens with zero attached hydrogens (tertiary/aromatic N) is 4. The van der Waals surface area contributed by atoms with Gasteiger partial charge in [0.2, 0.25) is 5.91 Å². The molecule has 0 unspecified atom stereocenters. The van der Waals surface area contributed by atoms with E-state index in [4.69, 9.17) is 0 Å². The fourth-order valence-electron chi connectivity index (χ4n) is 3.69. The average molecular weight is 349 g/mol. The van der Waals surface area contributed by atoms with Gasteiger partial charge in [-0.2, -0.15) is 0 Å². The number of para-hydroxylation sites is 2. The van der Waals surface area contributed by atoms with Crippen molar-refractivity contribution in [3.05, 3.63) is 54.5 Å². The molecule has 6 heteroatoms. The van der Waals surface area contributed by atoms with E-state index in [1.807, 2.05) is 54.1 Å². The lowest BCUT2D eigenvalue weighted by atomic mass is 9.97. The number of aromatic nitrogens is 3. The summed E-state index contributed by atoms with van der Waals surface area (Å²) in [6, 6.07) is 13.9. The topological polar surface area (TPSA) is 63.1 Å². The van der Waals surface area contributed by atoms with Gasteiger partial charge < -0.3 is 14.8 Å². The fraction of sp³-hybridized carbons (Fsp3) is 0.350. The van der Waals surface area contributed by atoms with Crippen LogP contribution < -0.4 is 10.2 Å². The smallest absolute Gasteiger partial charge is 0.225 e. The Hall–Kier alpha value is -2.89. The third-order valence-corrected chi connectivity index (χ3v) is 5.22. The van der Waals surface area contributed by atoms with E-state index in [0.717, 1.165) is 29.2 Å². The summed E-state index contributed by atoms with van der Waals surface area (Å²) < 4.78 is 2.04. The summed E-state index contributed by atoms with van der Waals surface area (Å²) in [4.78, 5) is 23.9. The molecular weight excluding hydrogens is 326 g/mol. The van der Waals surface area contributed by atoms with Crippen LogP contribution in [-0.4, -0.2) is 33.5 Å². The van der Waals surface area contributed by atoms with Gasteiger partial charge >= 0.3 is 0 Å². The van der Waals surface area contributed by atoms with Crippen molar-refractivity contribution < 1.29 is 4.79 Å². The second-order valence-electron chi connectivity index (χ2n) is 6.97. The minimum Gasteiger partial charge on any atom is -0.356 e. The lowest BCUT2D eigenvalue weighted by Gasteiger charge is -2.17. The molecule has 0 aliphatic carbocycles. The first-order valence-corrected chi connectivity index (χ1v) is 8.97. The van der Waals surface area contributed by atoms with Gasteiger partial charge in [0.05, 0.1) is 23.5 Å². The van der Waals surface area contributed by atoms with Crippen LogP contribution in [0, 0.1) is 11.8 Å². The molecule has 134 valence electrons. The van der Waals surface area contributed by atoms with E-state index >= 15 is 0 Å². The van der Waals surface area contributed by atoms with Crippen LogP contribution in [0.1, 0.15) is 12.7 Å². The number of rotatable bonds is 4. The Morgan fingerprint density at radius 1 is 1.19 bits per heavy atom. The summed E-state index contributed by atoms with van der Waals surface area (Å²) in [5.74, 6) is 2.14. The van der Waals surface area contributed by atoms with E-state index in [-0.39, 0.29) is 17.7 Å². The summed E-state index contributed by atoms with van der Waals surface area (Å²) in [6.07, 6.45) is 1.79. The molecule has 3 aromatic rings. The van der Waals surface area contributed by atoms with Crippen LogP contribution in [0.5, 0.6) is 0 Å². The highest BCUT2D eigenvalue weighted by atomic mass is 16.2. The van der Waals surface area contributed by atoms with E-state index in [9.17, 15) is 4.79 Å². The predicted molar refractivity (Wildman–Crippen MR) is 102 cm³/mol. The average Bonchev–Trinajstić information content (AvgIpc) is 3.21. The van der Waals surface area contributed by atoms with Crippen LogP contribution in [0.25, 0.3) is 11.0 Å². The standard InChI is InChI=1S/C20H23N5O/c1-14-12-25(18-9-5-6-10-21-18)13-15(14)20(26)22-11-19-23-16-7-3-4-8-17(16)24(19)2/h3-10,14-15H,11-13H2,1-2H3,(H,22,26)/t14-,15-/m1/s1. The van der Waals surface area contributed by atoms with Crippen LogP contribution in [-0.2, 0) is 18.4 Å². The fourth-order valence-corrected chi connectivity index (χ4v) is 3.69. The van der Waals surface area contributed by atoms with E-state index in [0.29, 0.717) is 13.1 Å². The maximum Gasteiger partial charge on any atom is 0.225 e. The van der Waals surface area contributed by atoms with Crippen LogP contribution in [0.2, 0.25) is 0 Å². The van der Waals surface area contributed by atoms with Crippen molar-refractivity contribution in [2.75, 3.05) is 18.0 Å². The molecule has 0 saturated carbocycles. The van der Waals surface area contributed by atoms with Gasteiger partial charge in [0.25, 0.3) is 0 Å². The molecule has 26 heavy (non-hydrogen) atoms.